The molecule has 1 amide bonds. The number of nitrogens with one attached hydrogen (secondary N) is 1. The lowest BCUT2D eigenvalue weighted by Crippen LogP contribution is -2.55. The first-order valence-corrected chi connectivity index (χ1v) is 9.73. The summed E-state index contributed by atoms with van der Waals surface area (Å²) in [6, 6.07) is 2.11. The molecule has 8 nitrogen and oxygen atoms in total. The molecule has 0 bridgehead atoms. The van der Waals surface area contributed by atoms with E-state index in [1.807, 2.05) is 4.90 Å². The highest BCUT2D eigenvalue weighted by molar-refractivity contribution is 5.67. The minimum Gasteiger partial charge on any atom is -0.441 e. The number of amides is 1. The molecule has 2 aromatic rings. The molecule has 0 unspecified atom stereocenters. The lowest BCUT2D eigenvalue weighted by Gasteiger charge is -2.52. The number of alkyl carbamates (subject to hydrolysis) is 1. The number of aryl methyl sites for hydroxylation is 1. The second-order valence-corrected chi connectivity index (χ2v) is 7.94. The van der Waals surface area contributed by atoms with Gasteiger partial charge in [0.1, 0.15) is 5.82 Å². The van der Waals surface area contributed by atoms with Crippen LogP contribution in [0.3, 0.4) is 0 Å². The number of anilines is 1. The van der Waals surface area contributed by atoms with Crippen molar-refractivity contribution in [3.05, 3.63) is 35.6 Å². The molecule has 1 spiro atoms. The Morgan fingerprint density at radius 3 is 2.73 bits per heavy atom. The molecule has 1 N–H and O–H groups in total. The number of piperidine rings is 1. The smallest absolute Gasteiger partial charge is 0.416 e. The molecule has 1 aliphatic heterocycles. The Morgan fingerprint density at radius 2 is 2.10 bits per heavy atom. The van der Waals surface area contributed by atoms with Crippen LogP contribution in [0.15, 0.2) is 22.9 Å². The van der Waals surface area contributed by atoms with E-state index in [-0.39, 0.29) is 18.1 Å². The fraction of sp³-hybridized carbons (Fsp3) is 0.579. The van der Waals surface area contributed by atoms with Crippen molar-refractivity contribution in [1.82, 2.24) is 20.4 Å². The number of alkyl halides is 3. The summed E-state index contributed by atoms with van der Waals surface area (Å²) < 4.78 is 48.7. The number of hydrogen-bond donors (Lipinski definition) is 1. The summed E-state index contributed by atoms with van der Waals surface area (Å²) in [6.07, 6.45) is -0.351. The molecule has 2 aliphatic rings. The maximum absolute atomic E-state index is 12.9. The van der Waals surface area contributed by atoms with Gasteiger partial charge >= 0.3 is 12.3 Å². The van der Waals surface area contributed by atoms with Crippen molar-refractivity contribution < 1.29 is 27.2 Å². The van der Waals surface area contributed by atoms with E-state index in [0.29, 0.717) is 30.6 Å². The zero-order valence-electron chi connectivity index (χ0n) is 16.4. The summed E-state index contributed by atoms with van der Waals surface area (Å²) in [5.41, 5.74) is -0.573. The Labute approximate surface area is 170 Å². The second-order valence-electron chi connectivity index (χ2n) is 7.94. The molecule has 2 fully saturated rings. The van der Waals surface area contributed by atoms with E-state index in [9.17, 15) is 18.0 Å². The van der Waals surface area contributed by atoms with Gasteiger partial charge in [-0.1, -0.05) is 5.16 Å². The molecule has 1 saturated carbocycles. The molecule has 162 valence electrons. The standard InChI is InChI=1S/C19H22F3N5O3/c1-12-24-15(26-30-12)11-29-17(28)25-14-9-18(10-14)3-6-27(7-4-18)16-8-13(2-5-23-16)19(20,21)22/h2,5,8,14H,3-4,6-7,9-11H2,1H3,(H,25,28). The van der Waals surface area contributed by atoms with E-state index in [1.165, 1.54) is 6.20 Å². The number of hydrogen-bond acceptors (Lipinski definition) is 7. The highest BCUT2D eigenvalue weighted by atomic mass is 19.4. The van der Waals surface area contributed by atoms with Gasteiger partial charge in [-0.2, -0.15) is 18.2 Å². The summed E-state index contributed by atoms with van der Waals surface area (Å²) in [5, 5.41) is 6.49. The zero-order chi connectivity index (χ0) is 21.4. The van der Waals surface area contributed by atoms with Crippen molar-refractivity contribution in [3.63, 3.8) is 0 Å². The maximum atomic E-state index is 12.9. The molecule has 1 aliphatic carbocycles. The quantitative estimate of drug-likeness (QED) is 0.802. The minimum absolute atomic E-state index is 0.0303. The highest BCUT2D eigenvalue weighted by Gasteiger charge is 2.46. The summed E-state index contributed by atoms with van der Waals surface area (Å²) in [6.45, 7) is 2.88. The topological polar surface area (TPSA) is 93.4 Å². The number of halogens is 3. The maximum Gasteiger partial charge on any atom is 0.416 e. The van der Waals surface area contributed by atoms with Crippen LogP contribution in [0.25, 0.3) is 0 Å². The van der Waals surface area contributed by atoms with Crippen LogP contribution in [0.5, 0.6) is 0 Å². The van der Waals surface area contributed by atoms with E-state index >= 15 is 0 Å². The van der Waals surface area contributed by atoms with E-state index in [0.717, 1.165) is 37.8 Å². The molecule has 1 saturated heterocycles. The predicted molar refractivity (Wildman–Crippen MR) is 98.5 cm³/mol. The van der Waals surface area contributed by atoms with Gasteiger partial charge in [0.15, 0.2) is 6.61 Å². The Bertz CT molecular complexity index is 901. The van der Waals surface area contributed by atoms with Crippen molar-refractivity contribution in [2.45, 2.75) is 51.4 Å². The van der Waals surface area contributed by atoms with Crippen LogP contribution in [0, 0.1) is 12.3 Å². The van der Waals surface area contributed by atoms with Crippen molar-refractivity contribution in [2.75, 3.05) is 18.0 Å². The molecule has 11 heteroatoms. The molecule has 0 radical (unpaired) electrons. The normalized spacial score (nSPS) is 18.9. The lowest BCUT2D eigenvalue weighted by molar-refractivity contribution is -0.137. The minimum atomic E-state index is -4.38. The third-order valence-corrected chi connectivity index (χ3v) is 5.80. The number of pyridine rings is 1. The van der Waals surface area contributed by atoms with E-state index in [1.54, 1.807) is 6.92 Å². The number of nitrogens with zero attached hydrogens (tertiary/aromatic N) is 4. The van der Waals surface area contributed by atoms with Crippen LogP contribution in [-0.4, -0.2) is 40.3 Å². The van der Waals surface area contributed by atoms with Gasteiger partial charge in [-0.25, -0.2) is 9.78 Å². The molecule has 30 heavy (non-hydrogen) atoms. The first-order chi connectivity index (χ1) is 14.2. The van der Waals surface area contributed by atoms with Crippen LogP contribution >= 0.6 is 0 Å². The third kappa shape index (κ3) is 4.49. The third-order valence-electron chi connectivity index (χ3n) is 5.80. The molecule has 0 atom stereocenters. The van der Waals surface area contributed by atoms with Crippen molar-refractivity contribution >= 4 is 11.9 Å². The zero-order valence-corrected chi connectivity index (χ0v) is 16.4. The van der Waals surface area contributed by atoms with Crippen LogP contribution in [0.1, 0.15) is 43.0 Å². The van der Waals surface area contributed by atoms with Crippen LogP contribution in [-0.2, 0) is 17.5 Å². The number of ether oxygens (including phenoxy) is 1. The van der Waals surface area contributed by atoms with Crippen LogP contribution in [0.4, 0.5) is 23.8 Å². The van der Waals surface area contributed by atoms with Gasteiger partial charge in [0.2, 0.25) is 11.7 Å². The summed E-state index contributed by atoms with van der Waals surface area (Å²) in [5.74, 6) is 1.07. The number of rotatable bonds is 4. The first kappa shape index (κ1) is 20.4. The Morgan fingerprint density at radius 1 is 1.37 bits per heavy atom. The van der Waals surface area contributed by atoms with Gasteiger partial charge in [0.05, 0.1) is 5.56 Å². The highest BCUT2D eigenvalue weighted by Crippen LogP contribution is 2.49. The van der Waals surface area contributed by atoms with E-state index < -0.39 is 17.8 Å². The summed E-state index contributed by atoms with van der Waals surface area (Å²) in [7, 11) is 0. The average molecular weight is 425 g/mol. The van der Waals surface area contributed by atoms with E-state index in [2.05, 4.69) is 20.4 Å². The number of aromatic nitrogens is 3. The van der Waals surface area contributed by atoms with E-state index in [4.69, 9.17) is 9.26 Å². The van der Waals surface area contributed by atoms with Crippen LogP contribution < -0.4 is 10.2 Å². The van der Waals surface area contributed by atoms with Crippen molar-refractivity contribution in [2.24, 2.45) is 5.41 Å². The fourth-order valence-corrected chi connectivity index (χ4v) is 4.21. The number of carbonyl (C=O) groups excluding carboxylic acids is 1. The largest absolute Gasteiger partial charge is 0.441 e. The second kappa shape index (κ2) is 7.77. The SMILES string of the molecule is Cc1nc(COC(=O)NC2CC3(CCN(c4cc(C(F)(F)F)ccn4)CC3)C2)no1. The molecule has 2 aromatic heterocycles. The summed E-state index contributed by atoms with van der Waals surface area (Å²) >= 11 is 0. The molecule has 4 rings (SSSR count). The lowest BCUT2D eigenvalue weighted by atomic mass is 9.60. The monoisotopic (exact) mass is 425 g/mol. The van der Waals surface area contributed by atoms with Gasteiger partial charge < -0.3 is 19.5 Å². The van der Waals surface area contributed by atoms with Crippen LogP contribution in [0.2, 0.25) is 0 Å². The van der Waals surface area contributed by atoms with Gasteiger partial charge in [-0.15, -0.1) is 0 Å². The van der Waals surface area contributed by atoms with Gasteiger partial charge in [0.25, 0.3) is 0 Å². The molecule has 0 aromatic carbocycles. The van der Waals surface area contributed by atoms with Crippen molar-refractivity contribution in [1.29, 1.82) is 0 Å². The Hall–Kier alpha value is -2.85. The first-order valence-electron chi connectivity index (χ1n) is 9.73. The molecule has 3 heterocycles. The molecular formula is C19H22F3N5O3. The molecular weight excluding hydrogens is 403 g/mol. The Kier molecular flexibility index (Phi) is 5.29. The fourth-order valence-electron chi connectivity index (χ4n) is 4.21. The van der Waals surface area contributed by atoms with Gasteiger partial charge in [0, 0.05) is 32.3 Å². The van der Waals surface area contributed by atoms with Gasteiger partial charge in [-0.05, 0) is 43.2 Å². The Balaban J connectivity index is 1.22. The number of carbonyl (C=O) groups is 1. The average Bonchev–Trinajstić information content (AvgIpc) is 3.10. The van der Waals surface area contributed by atoms with Gasteiger partial charge in [-0.3, -0.25) is 0 Å². The summed E-state index contributed by atoms with van der Waals surface area (Å²) in [4.78, 5) is 21.9. The predicted octanol–water partition coefficient (Wildman–Crippen LogP) is 3.47. The van der Waals surface area contributed by atoms with Crippen molar-refractivity contribution in [3.8, 4) is 0 Å².